The fraction of sp³-hybridized carbons (Fsp3) is 0.387. The Morgan fingerprint density at radius 3 is 2.38 bits per heavy atom. The van der Waals surface area contributed by atoms with Crippen LogP contribution in [0.3, 0.4) is 0 Å². The van der Waals surface area contributed by atoms with Crippen LogP contribution in [-0.2, 0) is 16.6 Å². The van der Waals surface area contributed by atoms with Gasteiger partial charge in [-0.1, -0.05) is 25.5 Å². The van der Waals surface area contributed by atoms with Crippen LogP contribution >= 0.6 is 0 Å². The lowest BCUT2D eigenvalue weighted by Gasteiger charge is -2.38. The average Bonchev–Trinajstić information content (AvgIpc) is 2.93. The Kier molecular flexibility index (Phi) is 10.4. The van der Waals surface area contributed by atoms with E-state index in [1.807, 2.05) is 31.2 Å². The van der Waals surface area contributed by atoms with Gasteiger partial charge in [-0.2, -0.15) is 0 Å². The van der Waals surface area contributed by atoms with Crippen molar-refractivity contribution >= 4 is 27.4 Å². The molecule has 42 heavy (non-hydrogen) atoms. The van der Waals surface area contributed by atoms with Crippen LogP contribution < -0.4 is 14.8 Å². The summed E-state index contributed by atoms with van der Waals surface area (Å²) in [6.07, 6.45) is 4.48. The van der Waals surface area contributed by atoms with E-state index in [0.717, 1.165) is 74.8 Å². The smallest absolute Gasteiger partial charge is 0.322 e. The zero-order chi connectivity index (χ0) is 30.3. The first kappa shape index (κ1) is 31.2. The Hall–Kier alpha value is -3.70. The fourth-order valence-corrected chi connectivity index (χ4v) is 5.59. The van der Waals surface area contributed by atoms with Crippen molar-refractivity contribution < 1.29 is 26.7 Å². The SMILES string of the molecule is CCCCN(C(=O)Nc1ccc(F)cc1F)C1CCN(Cc2ccc(Oc3ccc(NS(C)(=O)=O)cc3C)cc2)CC1. The molecular weight excluding hydrogens is 562 g/mol. The van der Waals surface area contributed by atoms with Gasteiger partial charge < -0.3 is 15.0 Å². The molecule has 0 atom stereocenters. The number of nitrogens with one attached hydrogen (secondary N) is 2. The number of halogens is 2. The van der Waals surface area contributed by atoms with Crippen LogP contribution in [0.4, 0.5) is 25.0 Å². The number of nitrogens with zero attached hydrogens (tertiary/aromatic N) is 2. The van der Waals surface area contributed by atoms with E-state index in [-0.39, 0.29) is 17.8 Å². The molecule has 0 aliphatic carbocycles. The summed E-state index contributed by atoms with van der Waals surface area (Å²) in [5.74, 6) is -0.156. The Bertz CT molecular complexity index is 1480. The minimum atomic E-state index is -3.35. The molecule has 226 valence electrons. The number of carbonyl (C=O) groups is 1. The van der Waals surface area contributed by atoms with Crippen molar-refractivity contribution in [3.05, 3.63) is 83.4 Å². The van der Waals surface area contributed by atoms with Gasteiger partial charge in [0, 0.05) is 44.0 Å². The molecule has 8 nitrogen and oxygen atoms in total. The van der Waals surface area contributed by atoms with E-state index in [4.69, 9.17) is 4.74 Å². The van der Waals surface area contributed by atoms with E-state index in [0.29, 0.717) is 23.7 Å². The molecule has 11 heteroatoms. The van der Waals surface area contributed by atoms with E-state index >= 15 is 0 Å². The van der Waals surface area contributed by atoms with Crippen molar-refractivity contribution in [2.45, 2.75) is 52.1 Å². The Morgan fingerprint density at radius 1 is 1.05 bits per heavy atom. The van der Waals surface area contributed by atoms with Crippen LogP contribution in [0, 0.1) is 18.6 Å². The highest BCUT2D eigenvalue weighted by Gasteiger charge is 2.28. The average molecular weight is 601 g/mol. The second-order valence-corrected chi connectivity index (χ2v) is 12.5. The van der Waals surface area contributed by atoms with Crippen LogP contribution in [0.5, 0.6) is 11.5 Å². The molecule has 2 amide bonds. The number of amides is 2. The summed E-state index contributed by atoms with van der Waals surface area (Å²) in [6.45, 7) is 6.89. The van der Waals surface area contributed by atoms with Crippen molar-refractivity contribution in [2.75, 3.05) is 35.9 Å². The third-order valence-corrected chi connectivity index (χ3v) is 7.83. The molecule has 4 rings (SSSR count). The largest absolute Gasteiger partial charge is 0.457 e. The lowest BCUT2D eigenvalue weighted by Crippen LogP contribution is -2.49. The minimum Gasteiger partial charge on any atom is -0.457 e. The molecule has 2 N–H and O–H groups in total. The molecule has 3 aromatic carbocycles. The molecule has 0 unspecified atom stereocenters. The van der Waals surface area contributed by atoms with E-state index in [2.05, 4.69) is 21.9 Å². The summed E-state index contributed by atoms with van der Waals surface area (Å²) in [7, 11) is -3.35. The number of anilines is 2. The molecule has 0 aromatic heterocycles. The molecule has 0 bridgehead atoms. The zero-order valence-corrected chi connectivity index (χ0v) is 25.0. The van der Waals surface area contributed by atoms with Crippen molar-refractivity contribution in [1.82, 2.24) is 9.80 Å². The Balaban J connectivity index is 1.30. The van der Waals surface area contributed by atoms with Gasteiger partial charge in [-0.3, -0.25) is 9.62 Å². The number of unbranched alkanes of at least 4 members (excludes halogenated alkanes) is 1. The second kappa shape index (κ2) is 14.0. The number of hydrogen-bond acceptors (Lipinski definition) is 5. The third kappa shape index (κ3) is 8.90. The highest BCUT2D eigenvalue weighted by molar-refractivity contribution is 7.92. The summed E-state index contributed by atoms with van der Waals surface area (Å²) >= 11 is 0. The second-order valence-electron chi connectivity index (χ2n) is 10.7. The highest BCUT2D eigenvalue weighted by atomic mass is 32.2. The Labute approximate surface area is 246 Å². The van der Waals surface area contributed by atoms with Crippen LogP contribution in [0.1, 0.15) is 43.7 Å². The topological polar surface area (TPSA) is 91.0 Å². The maximum absolute atomic E-state index is 14.1. The number of hydrogen-bond donors (Lipinski definition) is 2. The van der Waals surface area contributed by atoms with E-state index < -0.39 is 21.7 Å². The molecule has 1 fully saturated rings. The summed E-state index contributed by atoms with van der Waals surface area (Å²) < 4.78 is 58.8. The maximum atomic E-state index is 14.1. The van der Waals surface area contributed by atoms with E-state index in [9.17, 15) is 22.0 Å². The minimum absolute atomic E-state index is 0.0242. The first-order chi connectivity index (χ1) is 20.0. The lowest BCUT2D eigenvalue weighted by molar-refractivity contribution is 0.122. The van der Waals surface area contributed by atoms with Crippen molar-refractivity contribution in [1.29, 1.82) is 0 Å². The first-order valence-corrected chi connectivity index (χ1v) is 16.0. The molecule has 0 spiro atoms. The lowest BCUT2D eigenvalue weighted by atomic mass is 10.0. The monoisotopic (exact) mass is 600 g/mol. The molecule has 1 saturated heterocycles. The number of aryl methyl sites for hydroxylation is 1. The molecule has 1 heterocycles. The number of benzene rings is 3. The van der Waals surface area contributed by atoms with Crippen molar-refractivity contribution in [2.24, 2.45) is 0 Å². The van der Waals surface area contributed by atoms with Gasteiger partial charge in [0.15, 0.2) is 0 Å². The normalized spacial score (nSPS) is 14.4. The Morgan fingerprint density at radius 2 is 1.76 bits per heavy atom. The van der Waals surface area contributed by atoms with Crippen LogP contribution in [0.15, 0.2) is 60.7 Å². The van der Waals surface area contributed by atoms with Gasteiger partial charge in [0.05, 0.1) is 11.9 Å². The highest BCUT2D eigenvalue weighted by Crippen LogP contribution is 2.28. The van der Waals surface area contributed by atoms with Gasteiger partial charge in [-0.25, -0.2) is 22.0 Å². The molecule has 1 aliphatic heterocycles. The molecule has 3 aromatic rings. The molecular formula is C31H38F2N4O4S. The van der Waals surface area contributed by atoms with Crippen molar-refractivity contribution in [3.8, 4) is 11.5 Å². The summed E-state index contributed by atoms with van der Waals surface area (Å²) in [5, 5.41) is 2.62. The number of piperidine rings is 1. The van der Waals surface area contributed by atoms with Crippen LogP contribution in [0.2, 0.25) is 0 Å². The summed E-state index contributed by atoms with van der Waals surface area (Å²) in [4.78, 5) is 17.2. The predicted molar refractivity (Wildman–Crippen MR) is 161 cm³/mol. The first-order valence-electron chi connectivity index (χ1n) is 14.1. The number of rotatable bonds is 11. The summed E-state index contributed by atoms with van der Waals surface area (Å²) in [6, 6.07) is 15.8. The quantitative estimate of drug-likeness (QED) is 0.255. The van der Waals surface area contributed by atoms with Crippen molar-refractivity contribution in [3.63, 3.8) is 0 Å². The standard InChI is InChI=1S/C31H38F2N4O4S/c1-4-5-16-37(31(38)34-29-12-8-24(32)20-28(29)33)26-14-17-36(18-15-26)21-23-6-10-27(11-7-23)41-30-13-9-25(19-22(30)2)35-42(3,39)40/h6-13,19-20,26,35H,4-5,14-18,21H2,1-3H3,(H,34,38). The van der Waals surface area contributed by atoms with Gasteiger partial charge >= 0.3 is 6.03 Å². The van der Waals surface area contributed by atoms with E-state index in [1.54, 1.807) is 23.1 Å². The molecule has 0 radical (unpaired) electrons. The predicted octanol–water partition coefficient (Wildman–Crippen LogP) is 6.74. The van der Waals surface area contributed by atoms with Gasteiger partial charge in [0.1, 0.15) is 23.1 Å². The van der Waals surface area contributed by atoms with Gasteiger partial charge in [0.2, 0.25) is 10.0 Å². The van der Waals surface area contributed by atoms with Crippen LogP contribution in [0.25, 0.3) is 0 Å². The fourth-order valence-electron chi connectivity index (χ4n) is 5.03. The van der Waals surface area contributed by atoms with Gasteiger partial charge in [-0.05, 0) is 79.8 Å². The maximum Gasteiger partial charge on any atom is 0.322 e. The number of urea groups is 1. The number of sulfonamides is 1. The number of ether oxygens (including phenoxy) is 1. The van der Waals surface area contributed by atoms with Crippen LogP contribution in [-0.4, -0.2) is 56.2 Å². The molecule has 0 saturated carbocycles. The zero-order valence-electron chi connectivity index (χ0n) is 24.2. The summed E-state index contributed by atoms with van der Waals surface area (Å²) in [5.41, 5.74) is 2.40. The number of carbonyl (C=O) groups excluding carboxylic acids is 1. The number of likely N-dealkylation sites (tertiary alicyclic amines) is 1. The van der Waals surface area contributed by atoms with E-state index in [1.165, 1.54) is 6.07 Å². The van der Waals surface area contributed by atoms with Gasteiger partial charge in [0.25, 0.3) is 0 Å². The third-order valence-electron chi connectivity index (χ3n) is 7.22. The van der Waals surface area contributed by atoms with Gasteiger partial charge in [-0.15, -0.1) is 0 Å². The molecule has 1 aliphatic rings.